The maximum Gasteiger partial charge on any atom is 0.331 e. The Balaban J connectivity index is 2.24. The van der Waals surface area contributed by atoms with E-state index in [-0.39, 0.29) is 6.10 Å². The zero-order valence-corrected chi connectivity index (χ0v) is 13.1. The Labute approximate surface area is 128 Å². The molecule has 0 bridgehead atoms. The number of hydrogen-bond acceptors (Lipinski definition) is 4. The Hall–Kier alpha value is -1.60. The number of carboxylic acids is 1. The van der Waals surface area contributed by atoms with E-state index in [0.29, 0.717) is 18.0 Å². The third-order valence-corrected chi connectivity index (χ3v) is 3.60. The average molecular weight is 314 g/mol. The highest BCUT2D eigenvalue weighted by Crippen LogP contribution is 2.18. The maximum absolute atomic E-state index is 11.7. The van der Waals surface area contributed by atoms with E-state index < -0.39 is 18.0 Å². The van der Waals surface area contributed by atoms with Crippen LogP contribution in [-0.2, 0) is 9.53 Å². The number of hydrogen-bond donors (Lipinski definition) is 3. The molecule has 3 N–H and O–H groups in total. The summed E-state index contributed by atoms with van der Waals surface area (Å²) in [6, 6.07) is 1.96. The van der Waals surface area contributed by atoms with E-state index >= 15 is 0 Å². The molecule has 1 heterocycles. The van der Waals surface area contributed by atoms with Crippen LogP contribution in [0.5, 0.6) is 0 Å². The highest BCUT2D eigenvalue weighted by Gasteiger charge is 2.22. The van der Waals surface area contributed by atoms with Crippen LogP contribution in [0.2, 0.25) is 0 Å². The van der Waals surface area contributed by atoms with Gasteiger partial charge in [-0.3, -0.25) is 0 Å². The molecule has 0 aromatic carbocycles. The number of nitrogens with one attached hydrogen (secondary N) is 2. The summed E-state index contributed by atoms with van der Waals surface area (Å²) in [6.07, 6.45) is 1.85. The Morgan fingerprint density at radius 2 is 2.14 bits per heavy atom. The molecule has 0 saturated carbocycles. The van der Waals surface area contributed by atoms with Crippen LogP contribution in [0.25, 0.3) is 0 Å². The second-order valence-electron chi connectivity index (χ2n) is 4.81. The number of ether oxygens (including phenoxy) is 1. The number of unbranched alkanes of at least 4 members (excludes halogenated alkanes) is 1. The quantitative estimate of drug-likeness (QED) is 0.611. The summed E-state index contributed by atoms with van der Waals surface area (Å²) >= 11 is 1.30. The lowest BCUT2D eigenvalue weighted by Gasteiger charge is -2.14. The molecule has 1 unspecified atom stereocenters. The van der Waals surface area contributed by atoms with Crippen LogP contribution in [0.4, 0.5) is 4.79 Å². The second kappa shape index (κ2) is 9.36. The number of carboxylic acid groups (broad SMARTS) is 1. The first kappa shape index (κ1) is 17.5. The van der Waals surface area contributed by atoms with E-state index in [1.165, 1.54) is 11.3 Å². The molecule has 6 nitrogen and oxygen atoms in total. The van der Waals surface area contributed by atoms with Gasteiger partial charge in [-0.05, 0) is 38.1 Å². The molecule has 0 aliphatic heterocycles. The first-order valence-corrected chi connectivity index (χ1v) is 7.81. The molecule has 1 atom stereocenters. The minimum absolute atomic E-state index is 0.211. The van der Waals surface area contributed by atoms with Crippen LogP contribution in [0, 0.1) is 0 Å². The first-order chi connectivity index (χ1) is 10.0. The molecule has 0 aliphatic rings. The number of thiophene rings is 1. The largest absolute Gasteiger partial charge is 0.479 e. The van der Waals surface area contributed by atoms with Crippen molar-refractivity contribution >= 4 is 23.3 Å². The lowest BCUT2D eigenvalue weighted by Crippen LogP contribution is -2.41. The molecule has 0 radical (unpaired) electrons. The zero-order chi connectivity index (χ0) is 15.7. The summed E-state index contributed by atoms with van der Waals surface area (Å²) in [4.78, 5) is 23.4. The number of carbonyl (C=O) groups excluding carboxylic acids is 1. The van der Waals surface area contributed by atoms with E-state index in [1.54, 1.807) is 17.5 Å². The highest BCUT2D eigenvalue weighted by atomic mass is 32.1. The summed E-state index contributed by atoms with van der Waals surface area (Å²) in [7, 11) is 0. The van der Waals surface area contributed by atoms with Crippen molar-refractivity contribution in [2.24, 2.45) is 0 Å². The molecule has 1 aromatic rings. The van der Waals surface area contributed by atoms with Crippen LogP contribution >= 0.6 is 11.3 Å². The van der Waals surface area contributed by atoms with E-state index in [4.69, 9.17) is 9.84 Å². The van der Waals surface area contributed by atoms with Gasteiger partial charge in [0.2, 0.25) is 0 Å². The molecule has 0 fully saturated rings. The molecule has 0 saturated heterocycles. The van der Waals surface area contributed by atoms with Crippen molar-refractivity contribution < 1.29 is 19.4 Å². The molecule has 21 heavy (non-hydrogen) atoms. The van der Waals surface area contributed by atoms with Crippen molar-refractivity contribution in [3.63, 3.8) is 0 Å². The van der Waals surface area contributed by atoms with Gasteiger partial charge < -0.3 is 20.5 Å². The van der Waals surface area contributed by atoms with Crippen LogP contribution in [0.1, 0.15) is 37.6 Å². The Kier molecular flexibility index (Phi) is 7.78. The Morgan fingerprint density at radius 3 is 2.71 bits per heavy atom. The van der Waals surface area contributed by atoms with Crippen LogP contribution in [0.15, 0.2) is 17.5 Å². The molecule has 0 aliphatic carbocycles. The van der Waals surface area contributed by atoms with Gasteiger partial charge in [-0.2, -0.15) is 0 Å². The van der Waals surface area contributed by atoms with Gasteiger partial charge in [0.15, 0.2) is 6.04 Å². The predicted octanol–water partition coefficient (Wildman–Crippen LogP) is 2.38. The maximum atomic E-state index is 11.7. The minimum Gasteiger partial charge on any atom is -0.479 e. The fourth-order valence-corrected chi connectivity index (χ4v) is 2.41. The molecule has 7 heteroatoms. The van der Waals surface area contributed by atoms with Gasteiger partial charge in [0, 0.05) is 18.0 Å². The van der Waals surface area contributed by atoms with Crippen LogP contribution < -0.4 is 10.6 Å². The topological polar surface area (TPSA) is 87.7 Å². The summed E-state index contributed by atoms with van der Waals surface area (Å²) < 4.78 is 5.39. The zero-order valence-electron chi connectivity index (χ0n) is 12.3. The van der Waals surface area contributed by atoms with E-state index in [0.717, 1.165) is 12.8 Å². The third-order valence-electron chi connectivity index (χ3n) is 2.66. The van der Waals surface area contributed by atoms with Gasteiger partial charge in [-0.25, -0.2) is 9.59 Å². The van der Waals surface area contributed by atoms with Crippen molar-refractivity contribution in [3.05, 3.63) is 22.4 Å². The lowest BCUT2D eigenvalue weighted by molar-refractivity contribution is -0.139. The number of urea groups is 1. The van der Waals surface area contributed by atoms with Gasteiger partial charge >= 0.3 is 12.0 Å². The monoisotopic (exact) mass is 314 g/mol. The molecule has 1 aromatic heterocycles. The molecule has 118 valence electrons. The molecule has 0 spiro atoms. The van der Waals surface area contributed by atoms with Gasteiger partial charge in [-0.1, -0.05) is 6.07 Å². The van der Waals surface area contributed by atoms with Crippen LogP contribution in [0.3, 0.4) is 0 Å². The smallest absolute Gasteiger partial charge is 0.331 e. The van der Waals surface area contributed by atoms with Crippen molar-refractivity contribution in [3.8, 4) is 0 Å². The third kappa shape index (κ3) is 7.10. The summed E-state index contributed by atoms with van der Waals surface area (Å²) in [5.74, 6) is -1.07. The second-order valence-corrected chi connectivity index (χ2v) is 5.79. The fraction of sp³-hybridized carbons (Fsp3) is 0.571. The van der Waals surface area contributed by atoms with Crippen LogP contribution in [-0.4, -0.2) is 36.4 Å². The van der Waals surface area contributed by atoms with Gasteiger partial charge in [-0.15, -0.1) is 11.3 Å². The van der Waals surface area contributed by atoms with E-state index in [1.807, 2.05) is 13.8 Å². The lowest BCUT2D eigenvalue weighted by atomic mass is 10.2. The molecule has 1 rings (SSSR count). The first-order valence-electron chi connectivity index (χ1n) is 6.93. The van der Waals surface area contributed by atoms with Crippen molar-refractivity contribution in [1.29, 1.82) is 0 Å². The Morgan fingerprint density at radius 1 is 1.38 bits per heavy atom. The number of aliphatic carboxylic acids is 1. The molecular formula is C14H22N2O4S. The van der Waals surface area contributed by atoms with E-state index in [2.05, 4.69) is 10.6 Å². The summed E-state index contributed by atoms with van der Waals surface area (Å²) in [5, 5.41) is 16.0. The number of amides is 2. The molecule has 2 amide bonds. The SMILES string of the molecule is CC(C)OCCCCNC(=O)NC(C(=O)O)c1cccs1. The number of carbonyl (C=O) groups is 2. The normalized spacial score (nSPS) is 12.1. The average Bonchev–Trinajstić information content (AvgIpc) is 2.93. The van der Waals surface area contributed by atoms with Gasteiger partial charge in [0.25, 0.3) is 0 Å². The van der Waals surface area contributed by atoms with Crippen molar-refractivity contribution in [2.75, 3.05) is 13.2 Å². The molecular weight excluding hydrogens is 292 g/mol. The fourth-order valence-electron chi connectivity index (χ4n) is 1.64. The van der Waals surface area contributed by atoms with Gasteiger partial charge in [0.1, 0.15) is 0 Å². The summed E-state index contributed by atoms with van der Waals surface area (Å²) in [5.41, 5.74) is 0. The van der Waals surface area contributed by atoms with Crippen molar-refractivity contribution in [1.82, 2.24) is 10.6 Å². The highest BCUT2D eigenvalue weighted by molar-refractivity contribution is 7.10. The van der Waals surface area contributed by atoms with Crippen molar-refractivity contribution in [2.45, 2.75) is 38.8 Å². The minimum atomic E-state index is -1.07. The van der Waals surface area contributed by atoms with E-state index in [9.17, 15) is 9.59 Å². The number of rotatable bonds is 9. The Bertz CT molecular complexity index is 434. The summed E-state index contributed by atoms with van der Waals surface area (Å²) in [6.45, 7) is 5.10. The van der Waals surface area contributed by atoms with Gasteiger partial charge in [0.05, 0.1) is 6.10 Å². The predicted molar refractivity (Wildman–Crippen MR) is 81.6 cm³/mol. The standard InChI is InChI=1S/C14H22N2O4S/c1-10(2)20-8-4-3-7-15-14(19)16-12(13(17)18)11-6-5-9-21-11/h5-6,9-10,12H,3-4,7-8H2,1-2H3,(H,17,18)(H2,15,16,19).